The SMILES string of the molecule is Cc1cccc(C[C@@H](O)/C=C/[C@@H]2[C@H]3CC(CCNCCC(=O)N(C)C)=C[C@H]3C[C@H]2O)c1. The Bertz CT molecular complexity index is 802. The predicted molar refractivity (Wildman–Crippen MR) is 125 cm³/mol. The maximum absolute atomic E-state index is 11.6. The number of nitrogens with zero attached hydrogens (tertiary/aromatic N) is 1. The van der Waals surface area contributed by atoms with Gasteiger partial charge in [0.2, 0.25) is 5.91 Å². The predicted octanol–water partition coefficient (Wildman–Crippen LogP) is 2.86. The summed E-state index contributed by atoms with van der Waals surface area (Å²) < 4.78 is 0. The van der Waals surface area contributed by atoms with Crippen molar-refractivity contribution in [3.8, 4) is 0 Å². The Labute approximate surface area is 186 Å². The minimum Gasteiger partial charge on any atom is -0.392 e. The molecule has 0 unspecified atom stereocenters. The Morgan fingerprint density at radius 2 is 2.13 bits per heavy atom. The molecule has 170 valence electrons. The molecule has 1 saturated carbocycles. The van der Waals surface area contributed by atoms with E-state index in [0.29, 0.717) is 31.2 Å². The van der Waals surface area contributed by atoms with E-state index in [1.54, 1.807) is 19.0 Å². The lowest BCUT2D eigenvalue weighted by Crippen LogP contribution is -2.27. The number of allylic oxidation sites excluding steroid dienone is 1. The third kappa shape index (κ3) is 6.76. The summed E-state index contributed by atoms with van der Waals surface area (Å²) in [5, 5.41) is 24.4. The fourth-order valence-electron chi connectivity index (χ4n) is 4.99. The van der Waals surface area contributed by atoms with Crippen LogP contribution in [0.5, 0.6) is 0 Å². The van der Waals surface area contributed by atoms with Gasteiger partial charge in [-0.2, -0.15) is 0 Å². The molecule has 0 bridgehead atoms. The highest BCUT2D eigenvalue weighted by Crippen LogP contribution is 2.47. The zero-order chi connectivity index (χ0) is 22.4. The molecule has 3 N–H and O–H groups in total. The van der Waals surface area contributed by atoms with Gasteiger partial charge in [0, 0.05) is 39.4 Å². The lowest BCUT2D eigenvalue weighted by Gasteiger charge is -2.19. The second kappa shape index (κ2) is 11.1. The molecule has 0 heterocycles. The van der Waals surface area contributed by atoms with E-state index in [4.69, 9.17) is 0 Å². The first kappa shape index (κ1) is 23.7. The first-order valence-electron chi connectivity index (χ1n) is 11.5. The topological polar surface area (TPSA) is 72.8 Å². The minimum absolute atomic E-state index is 0.108. The van der Waals surface area contributed by atoms with Crippen LogP contribution in [-0.4, -0.2) is 60.4 Å². The third-order valence-corrected chi connectivity index (χ3v) is 6.67. The Kier molecular flexibility index (Phi) is 8.47. The van der Waals surface area contributed by atoms with Crippen LogP contribution in [0.2, 0.25) is 0 Å². The number of aliphatic hydroxyl groups is 2. The first-order valence-corrected chi connectivity index (χ1v) is 11.5. The molecule has 0 spiro atoms. The molecular formula is C26H38N2O3. The molecule has 0 saturated heterocycles. The number of hydrogen-bond donors (Lipinski definition) is 3. The van der Waals surface area contributed by atoms with E-state index in [-0.39, 0.29) is 17.9 Å². The molecule has 1 fully saturated rings. The molecule has 31 heavy (non-hydrogen) atoms. The standard InChI is InChI=1S/C26H38N2O3/c1-18-5-4-6-19(13-18)15-22(29)7-8-23-24-16-20(14-21(24)17-25(23)30)9-11-27-12-10-26(31)28(2)3/h4-8,13-14,21-25,27,29-30H,9-12,15-17H2,1-3H3/b8-7+/t21-,22-,23+,24-,25+/m0/s1. The molecule has 5 atom stereocenters. The van der Waals surface area contributed by atoms with Crippen molar-refractivity contribution in [2.24, 2.45) is 17.8 Å². The number of nitrogens with one attached hydrogen (secondary N) is 1. The van der Waals surface area contributed by atoms with Crippen molar-refractivity contribution >= 4 is 5.91 Å². The molecule has 1 aromatic carbocycles. The summed E-state index contributed by atoms with van der Waals surface area (Å²) in [6, 6.07) is 8.23. The minimum atomic E-state index is -0.532. The van der Waals surface area contributed by atoms with Crippen LogP contribution in [0, 0.1) is 24.7 Å². The number of carbonyl (C=O) groups excluding carboxylic acids is 1. The van der Waals surface area contributed by atoms with Crippen LogP contribution in [0.1, 0.15) is 36.8 Å². The highest BCUT2D eigenvalue weighted by Gasteiger charge is 2.43. The fourth-order valence-corrected chi connectivity index (χ4v) is 4.99. The van der Waals surface area contributed by atoms with Gasteiger partial charge in [-0.3, -0.25) is 4.79 Å². The zero-order valence-electron chi connectivity index (χ0n) is 19.1. The second-order valence-corrected chi connectivity index (χ2v) is 9.42. The molecule has 2 aliphatic rings. The van der Waals surface area contributed by atoms with Crippen molar-refractivity contribution in [2.45, 2.75) is 51.2 Å². The largest absolute Gasteiger partial charge is 0.392 e. The highest BCUT2D eigenvalue weighted by molar-refractivity contribution is 5.75. The van der Waals surface area contributed by atoms with Crippen LogP contribution in [0.15, 0.2) is 48.1 Å². The van der Waals surface area contributed by atoms with Gasteiger partial charge < -0.3 is 20.4 Å². The molecule has 1 aromatic rings. The summed E-state index contributed by atoms with van der Waals surface area (Å²) in [6.45, 7) is 3.65. The number of aryl methyl sites for hydroxylation is 1. The first-order chi connectivity index (χ1) is 14.8. The molecule has 0 radical (unpaired) electrons. The molecule has 0 aliphatic heterocycles. The maximum Gasteiger partial charge on any atom is 0.223 e. The number of hydrogen-bond acceptors (Lipinski definition) is 4. The molecule has 5 heteroatoms. The second-order valence-electron chi connectivity index (χ2n) is 9.42. The van der Waals surface area contributed by atoms with Crippen LogP contribution < -0.4 is 5.32 Å². The van der Waals surface area contributed by atoms with Crippen molar-refractivity contribution in [1.29, 1.82) is 0 Å². The van der Waals surface area contributed by atoms with Crippen LogP contribution in [-0.2, 0) is 11.2 Å². The van der Waals surface area contributed by atoms with Gasteiger partial charge in [0.15, 0.2) is 0 Å². The van der Waals surface area contributed by atoms with Gasteiger partial charge in [0.05, 0.1) is 12.2 Å². The Morgan fingerprint density at radius 3 is 2.87 bits per heavy atom. The van der Waals surface area contributed by atoms with E-state index in [1.165, 1.54) is 11.1 Å². The number of amides is 1. The summed E-state index contributed by atoms with van der Waals surface area (Å²) in [6.07, 6.45) is 9.37. The van der Waals surface area contributed by atoms with Crippen LogP contribution in [0.4, 0.5) is 0 Å². The molecule has 5 nitrogen and oxygen atoms in total. The lowest BCUT2D eigenvalue weighted by atomic mass is 9.88. The van der Waals surface area contributed by atoms with E-state index in [0.717, 1.165) is 31.4 Å². The molecule has 0 aromatic heterocycles. The highest BCUT2D eigenvalue weighted by atomic mass is 16.3. The Balaban J connectivity index is 1.44. The van der Waals surface area contributed by atoms with Crippen LogP contribution in [0.3, 0.4) is 0 Å². The van der Waals surface area contributed by atoms with E-state index in [9.17, 15) is 15.0 Å². The van der Waals surface area contributed by atoms with Gasteiger partial charge in [-0.15, -0.1) is 0 Å². The number of fused-ring (bicyclic) bond motifs is 1. The summed E-state index contributed by atoms with van der Waals surface area (Å²) >= 11 is 0. The van der Waals surface area contributed by atoms with E-state index < -0.39 is 6.10 Å². The van der Waals surface area contributed by atoms with Gasteiger partial charge in [0.25, 0.3) is 0 Å². The number of carbonyl (C=O) groups is 1. The molecular weight excluding hydrogens is 388 g/mol. The van der Waals surface area contributed by atoms with Crippen molar-refractivity contribution < 1.29 is 15.0 Å². The van der Waals surface area contributed by atoms with Crippen molar-refractivity contribution in [1.82, 2.24) is 10.2 Å². The number of rotatable bonds is 10. The average molecular weight is 427 g/mol. The Hall–Kier alpha value is -1.95. The molecule has 2 aliphatic carbocycles. The molecule has 3 rings (SSSR count). The molecule has 1 amide bonds. The summed E-state index contributed by atoms with van der Waals surface area (Å²) in [5.41, 5.74) is 3.78. The summed E-state index contributed by atoms with van der Waals surface area (Å²) in [7, 11) is 3.57. The quantitative estimate of drug-likeness (QED) is 0.397. The Morgan fingerprint density at radius 1 is 1.32 bits per heavy atom. The van der Waals surface area contributed by atoms with Gasteiger partial charge in [0.1, 0.15) is 0 Å². The summed E-state index contributed by atoms with van der Waals surface area (Å²) in [5.74, 6) is 1.12. The van der Waals surface area contributed by atoms with E-state index >= 15 is 0 Å². The smallest absolute Gasteiger partial charge is 0.223 e. The van der Waals surface area contributed by atoms with Gasteiger partial charge in [-0.05, 0) is 50.1 Å². The zero-order valence-corrected chi connectivity index (χ0v) is 19.1. The van der Waals surface area contributed by atoms with E-state index in [2.05, 4.69) is 36.5 Å². The summed E-state index contributed by atoms with van der Waals surface area (Å²) in [4.78, 5) is 13.2. The monoisotopic (exact) mass is 426 g/mol. The van der Waals surface area contributed by atoms with Gasteiger partial charge in [-0.1, -0.05) is 53.6 Å². The van der Waals surface area contributed by atoms with Crippen molar-refractivity contribution in [2.75, 3.05) is 27.2 Å². The van der Waals surface area contributed by atoms with Crippen molar-refractivity contribution in [3.05, 3.63) is 59.2 Å². The van der Waals surface area contributed by atoms with Crippen LogP contribution >= 0.6 is 0 Å². The van der Waals surface area contributed by atoms with Crippen molar-refractivity contribution in [3.63, 3.8) is 0 Å². The maximum atomic E-state index is 11.6. The number of aliphatic hydroxyl groups excluding tert-OH is 2. The fraction of sp³-hybridized carbons (Fsp3) is 0.577. The number of benzene rings is 1. The lowest BCUT2D eigenvalue weighted by molar-refractivity contribution is -0.128. The van der Waals surface area contributed by atoms with E-state index in [1.807, 2.05) is 18.2 Å². The van der Waals surface area contributed by atoms with Crippen LogP contribution in [0.25, 0.3) is 0 Å². The average Bonchev–Trinajstić information content (AvgIpc) is 3.22. The normalized spacial score (nSPS) is 26.2. The van der Waals surface area contributed by atoms with Gasteiger partial charge >= 0.3 is 0 Å². The third-order valence-electron chi connectivity index (χ3n) is 6.67. The van der Waals surface area contributed by atoms with Gasteiger partial charge in [-0.25, -0.2) is 0 Å².